The Morgan fingerprint density at radius 2 is 1.85 bits per heavy atom. The monoisotopic (exact) mass is 636 g/mol. The van der Waals surface area contributed by atoms with Crippen molar-refractivity contribution >= 4 is 40.2 Å². The van der Waals surface area contributed by atoms with E-state index in [1.54, 1.807) is 36.9 Å². The number of carbonyl (C=O) groups excluding carboxylic acids is 2. The van der Waals surface area contributed by atoms with Gasteiger partial charge in [0.2, 0.25) is 5.91 Å². The molecule has 13 heteroatoms. The van der Waals surface area contributed by atoms with Crippen LogP contribution in [0.1, 0.15) is 30.1 Å². The molecule has 2 amide bonds. The Morgan fingerprint density at radius 3 is 2.60 bits per heavy atom. The number of rotatable bonds is 7. The molecule has 0 saturated carbocycles. The first kappa shape index (κ1) is 30.0. The van der Waals surface area contributed by atoms with Crippen LogP contribution in [0.4, 0.5) is 21.7 Å². The van der Waals surface area contributed by atoms with E-state index in [4.69, 9.17) is 15.5 Å². The number of ether oxygens (including phenoxy) is 1. The van der Waals surface area contributed by atoms with Crippen molar-refractivity contribution in [3.8, 4) is 22.6 Å². The van der Waals surface area contributed by atoms with Crippen molar-refractivity contribution in [1.29, 1.82) is 0 Å². The normalized spacial score (nSPS) is 16.1. The number of hydrogen-bond acceptors (Lipinski definition) is 8. The number of aromatic nitrogens is 4. The van der Waals surface area contributed by atoms with Crippen molar-refractivity contribution in [2.75, 3.05) is 42.2 Å². The zero-order valence-electron chi connectivity index (χ0n) is 25.9. The summed E-state index contributed by atoms with van der Waals surface area (Å²) in [5, 5.41) is 7.96. The summed E-state index contributed by atoms with van der Waals surface area (Å²) in [6, 6.07) is 16.3. The van der Waals surface area contributed by atoms with Gasteiger partial charge in [-0.1, -0.05) is 12.1 Å². The molecule has 2 saturated heterocycles. The molecule has 12 nitrogen and oxygen atoms in total. The first-order valence-corrected chi connectivity index (χ1v) is 15.5. The molecular weight excluding hydrogens is 603 g/mol. The Kier molecular flexibility index (Phi) is 7.58. The molecule has 2 fully saturated rings. The number of nitrogen functional groups attached to an aromatic ring is 1. The van der Waals surface area contributed by atoms with Crippen molar-refractivity contribution < 1.29 is 18.7 Å². The number of amides is 2. The minimum atomic E-state index is -0.641. The predicted octanol–water partition coefficient (Wildman–Crippen LogP) is 3.97. The molecule has 0 radical (unpaired) electrons. The molecule has 2 aliphatic heterocycles. The number of nitrogens with two attached hydrogens (primary N) is 1. The van der Waals surface area contributed by atoms with Crippen LogP contribution in [0.2, 0.25) is 0 Å². The minimum absolute atomic E-state index is 0.145. The number of fused-ring (bicyclic) bond motifs is 2. The summed E-state index contributed by atoms with van der Waals surface area (Å²) in [6.07, 6.45) is 2.91. The molecule has 2 aromatic carbocycles. The Hall–Kier alpha value is -5.72. The highest BCUT2D eigenvalue weighted by Gasteiger charge is 2.36. The van der Waals surface area contributed by atoms with Gasteiger partial charge in [0.25, 0.3) is 11.5 Å². The number of pyridine rings is 2. The lowest BCUT2D eigenvalue weighted by Gasteiger charge is -2.38. The van der Waals surface area contributed by atoms with E-state index in [1.165, 1.54) is 35.0 Å². The van der Waals surface area contributed by atoms with Crippen LogP contribution in [-0.4, -0.2) is 68.3 Å². The molecule has 0 unspecified atom stereocenters. The topological polar surface area (TPSA) is 141 Å². The lowest BCUT2D eigenvalue weighted by Crippen LogP contribution is -2.51. The molecule has 0 aliphatic carbocycles. The van der Waals surface area contributed by atoms with Crippen LogP contribution in [0.3, 0.4) is 0 Å². The molecule has 1 atom stereocenters. The highest BCUT2D eigenvalue weighted by atomic mass is 19.1. The lowest BCUT2D eigenvalue weighted by molar-refractivity contribution is -0.129. The van der Waals surface area contributed by atoms with Crippen molar-refractivity contribution in [1.82, 2.24) is 24.2 Å². The van der Waals surface area contributed by atoms with E-state index in [2.05, 4.69) is 15.3 Å². The Morgan fingerprint density at radius 1 is 1.09 bits per heavy atom. The van der Waals surface area contributed by atoms with E-state index in [1.807, 2.05) is 23.1 Å². The van der Waals surface area contributed by atoms with Gasteiger partial charge in [-0.2, -0.15) is 5.10 Å². The highest BCUT2D eigenvalue weighted by Crippen LogP contribution is 2.36. The number of hydrogen-bond donors (Lipinski definition) is 2. The van der Waals surface area contributed by atoms with Crippen LogP contribution >= 0.6 is 0 Å². The lowest BCUT2D eigenvalue weighted by atomic mass is 10.0. The molecule has 240 valence electrons. The quantitative estimate of drug-likeness (QED) is 0.274. The van der Waals surface area contributed by atoms with E-state index in [9.17, 15) is 18.8 Å². The summed E-state index contributed by atoms with van der Waals surface area (Å²) in [6.45, 7) is 4.04. The number of carbonyl (C=O) groups is 2. The Balaban J connectivity index is 1.19. The standard InChI is InChI=1S/C34H33FN8O4/c1-3-47-26-14-15-43(23-10-6-21(35)7-11-23)34(46)30(26)33(45)37-22-8-4-20(5-9-22)25-18-27(38-32-29(25)31(36)39-40(32)2)41-16-17-42-24(19-41)12-13-28(42)44/h4-11,14-15,18,24H,3,12-13,16-17,19H2,1-2H3,(H2,36,39)(H,37,45)/t24-/m0/s1. The van der Waals surface area contributed by atoms with E-state index in [-0.39, 0.29) is 29.9 Å². The van der Waals surface area contributed by atoms with Gasteiger partial charge in [0.1, 0.15) is 22.9 Å². The number of piperazine rings is 1. The molecule has 2 aliphatic rings. The average Bonchev–Trinajstić information content (AvgIpc) is 3.59. The molecule has 3 aromatic heterocycles. The maximum Gasteiger partial charge on any atom is 0.271 e. The number of benzene rings is 2. The Labute approximate surface area is 269 Å². The summed E-state index contributed by atoms with van der Waals surface area (Å²) >= 11 is 0. The van der Waals surface area contributed by atoms with Gasteiger partial charge in [-0.25, -0.2) is 14.1 Å². The summed E-state index contributed by atoms with van der Waals surface area (Å²) in [5.41, 5.74) is 8.77. The molecule has 47 heavy (non-hydrogen) atoms. The molecular formula is C34H33FN8O4. The fraction of sp³-hybridized carbons (Fsp3) is 0.265. The van der Waals surface area contributed by atoms with Crippen LogP contribution < -0.4 is 26.2 Å². The van der Waals surface area contributed by atoms with Crippen molar-refractivity contribution in [2.45, 2.75) is 25.8 Å². The summed E-state index contributed by atoms with van der Waals surface area (Å²) in [4.78, 5) is 48.4. The largest absolute Gasteiger partial charge is 0.493 e. The number of nitrogens with zero attached hydrogens (tertiary/aromatic N) is 6. The third-order valence-electron chi connectivity index (χ3n) is 8.77. The van der Waals surface area contributed by atoms with Crippen molar-refractivity contribution in [2.24, 2.45) is 7.05 Å². The summed E-state index contributed by atoms with van der Waals surface area (Å²) in [5.74, 6) is 0.407. The maximum absolute atomic E-state index is 13.5. The van der Waals surface area contributed by atoms with Gasteiger partial charge in [0.15, 0.2) is 11.5 Å². The van der Waals surface area contributed by atoms with Gasteiger partial charge in [0, 0.05) is 62.3 Å². The summed E-state index contributed by atoms with van der Waals surface area (Å²) in [7, 11) is 1.80. The Bertz CT molecular complexity index is 2070. The first-order chi connectivity index (χ1) is 22.7. The van der Waals surface area contributed by atoms with Gasteiger partial charge < -0.3 is 25.6 Å². The third kappa shape index (κ3) is 5.43. The van der Waals surface area contributed by atoms with Gasteiger partial charge in [-0.05, 0) is 67.4 Å². The SMILES string of the molecule is CCOc1ccn(-c2ccc(F)cc2)c(=O)c1C(=O)Nc1ccc(-c2cc(N3CCN4C(=O)CC[C@H]4C3)nc3c2c(N)nn3C)cc1. The van der Waals surface area contributed by atoms with E-state index in [0.29, 0.717) is 48.9 Å². The fourth-order valence-electron chi connectivity index (χ4n) is 6.46. The number of halogens is 1. The van der Waals surface area contributed by atoms with E-state index >= 15 is 0 Å². The molecule has 5 aromatic rings. The molecule has 5 heterocycles. The molecule has 3 N–H and O–H groups in total. The number of nitrogens with one attached hydrogen (secondary N) is 1. The van der Waals surface area contributed by atoms with Gasteiger partial charge >= 0.3 is 0 Å². The second-order valence-electron chi connectivity index (χ2n) is 11.6. The predicted molar refractivity (Wildman–Crippen MR) is 176 cm³/mol. The van der Waals surface area contributed by atoms with Crippen molar-refractivity contribution in [3.63, 3.8) is 0 Å². The smallest absolute Gasteiger partial charge is 0.271 e. The first-order valence-electron chi connectivity index (χ1n) is 15.5. The highest BCUT2D eigenvalue weighted by molar-refractivity contribution is 6.06. The number of aryl methyl sites for hydroxylation is 1. The second-order valence-corrected chi connectivity index (χ2v) is 11.6. The minimum Gasteiger partial charge on any atom is -0.493 e. The summed E-state index contributed by atoms with van der Waals surface area (Å²) < 4.78 is 22.1. The van der Waals surface area contributed by atoms with Crippen LogP contribution in [0.5, 0.6) is 5.75 Å². The molecule has 7 rings (SSSR count). The second kappa shape index (κ2) is 11.9. The van der Waals surface area contributed by atoms with Crippen molar-refractivity contribution in [3.05, 3.63) is 88.6 Å². The van der Waals surface area contributed by atoms with E-state index in [0.717, 1.165) is 28.8 Å². The van der Waals surface area contributed by atoms with Crippen LogP contribution in [0, 0.1) is 5.82 Å². The van der Waals surface area contributed by atoms with Crippen LogP contribution in [-0.2, 0) is 11.8 Å². The zero-order valence-corrected chi connectivity index (χ0v) is 25.9. The van der Waals surface area contributed by atoms with E-state index < -0.39 is 17.3 Å². The maximum atomic E-state index is 13.5. The molecule has 0 spiro atoms. The van der Waals surface area contributed by atoms with Crippen LogP contribution in [0.15, 0.2) is 71.7 Å². The fourth-order valence-corrected chi connectivity index (χ4v) is 6.46. The third-order valence-corrected chi connectivity index (χ3v) is 8.77. The zero-order chi connectivity index (χ0) is 32.8. The average molecular weight is 637 g/mol. The van der Waals surface area contributed by atoms with Crippen LogP contribution in [0.25, 0.3) is 27.8 Å². The van der Waals surface area contributed by atoms with Gasteiger partial charge in [-0.3, -0.25) is 19.0 Å². The van der Waals surface area contributed by atoms with Gasteiger partial charge in [-0.15, -0.1) is 0 Å². The molecule has 0 bridgehead atoms. The number of anilines is 3. The van der Waals surface area contributed by atoms with Gasteiger partial charge in [0.05, 0.1) is 12.0 Å².